The smallest absolute Gasteiger partial charge is 0.295 e. The first-order valence-electron chi connectivity index (χ1n) is 11.9. The highest BCUT2D eigenvalue weighted by molar-refractivity contribution is 6.46. The molecule has 4 rings (SSSR count). The minimum absolute atomic E-state index is 0.0738. The summed E-state index contributed by atoms with van der Waals surface area (Å²) in [5.41, 5.74) is 1.51. The number of likely N-dealkylation sites (tertiary alicyclic amines) is 1. The number of ether oxygens (including phenoxy) is 4. The Labute approximate surface area is 225 Å². The molecule has 0 radical (unpaired) electrons. The van der Waals surface area contributed by atoms with Crippen molar-refractivity contribution in [1.29, 1.82) is 0 Å². The van der Waals surface area contributed by atoms with Gasteiger partial charge in [0.1, 0.15) is 28.8 Å². The number of hydrogen-bond donors (Lipinski definition) is 1. The van der Waals surface area contributed by atoms with Crippen molar-refractivity contribution in [1.82, 2.24) is 4.90 Å². The van der Waals surface area contributed by atoms with E-state index < -0.39 is 23.5 Å². The van der Waals surface area contributed by atoms with E-state index in [0.29, 0.717) is 23.7 Å². The van der Waals surface area contributed by atoms with Crippen LogP contribution in [0.5, 0.6) is 23.0 Å². The van der Waals surface area contributed by atoms with Crippen LogP contribution in [0.2, 0.25) is 5.02 Å². The normalized spacial score (nSPS) is 16.4. The lowest BCUT2D eigenvalue weighted by atomic mass is 9.94. The number of aliphatic hydroxyl groups excluding tert-OH is 1. The molecule has 1 amide bonds. The van der Waals surface area contributed by atoms with Crippen molar-refractivity contribution >= 4 is 29.1 Å². The first kappa shape index (κ1) is 26.9. The van der Waals surface area contributed by atoms with Gasteiger partial charge in [-0.2, -0.15) is 0 Å². The fraction of sp³-hybridized carbons (Fsp3) is 0.241. The second-order valence-corrected chi connectivity index (χ2v) is 8.87. The van der Waals surface area contributed by atoms with Crippen LogP contribution in [-0.2, 0) is 16.1 Å². The Hall–Kier alpha value is -4.17. The minimum atomic E-state index is -0.876. The molecule has 0 bridgehead atoms. The van der Waals surface area contributed by atoms with Crippen molar-refractivity contribution in [3.63, 3.8) is 0 Å². The number of carbonyl (C=O) groups is 2. The van der Waals surface area contributed by atoms with Gasteiger partial charge in [0.2, 0.25) is 0 Å². The van der Waals surface area contributed by atoms with E-state index in [0.717, 1.165) is 5.56 Å². The third kappa shape index (κ3) is 5.13. The zero-order valence-electron chi connectivity index (χ0n) is 21.5. The van der Waals surface area contributed by atoms with Crippen LogP contribution in [-0.4, -0.2) is 49.6 Å². The highest BCUT2D eigenvalue weighted by Gasteiger charge is 2.46. The van der Waals surface area contributed by atoms with Crippen molar-refractivity contribution in [2.45, 2.75) is 19.5 Å². The van der Waals surface area contributed by atoms with Gasteiger partial charge in [-0.3, -0.25) is 9.59 Å². The number of hydrogen-bond acceptors (Lipinski definition) is 7. The number of aliphatic hydroxyl groups is 1. The molecule has 8 nitrogen and oxygen atoms in total. The van der Waals surface area contributed by atoms with Crippen LogP contribution in [0.1, 0.15) is 29.7 Å². The number of rotatable bonds is 9. The van der Waals surface area contributed by atoms with Crippen molar-refractivity contribution < 1.29 is 33.6 Å². The maximum atomic E-state index is 13.4. The summed E-state index contributed by atoms with van der Waals surface area (Å²) < 4.78 is 21.5. The average molecular weight is 538 g/mol. The van der Waals surface area contributed by atoms with Gasteiger partial charge in [-0.05, 0) is 48.4 Å². The van der Waals surface area contributed by atoms with E-state index in [1.54, 1.807) is 43.5 Å². The number of benzene rings is 3. The summed E-state index contributed by atoms with van der Waals surface area (Å²) in [6, 6.07) is 16.4. The maximum Gasteiger partial charge on any atom is 0.295 e. The number of amides is 1. The van der Waals surface area contributed by atoms with Crippen LogP contribution >= 0.6 is 11.6 Å². The van der Waals surface area contributed by atoms with E-state index in [1.165, 1.54) is 31.3 Å². The van der Waals surface area contributed by atoms with Crippen LogP contribution < -0.4 is 18.9 Å². The third-order valence-electron chi connectivity index (χ3n) is 6.29. The number of Topliss-reactive ketones (excluding diaryl/α,β-unsaturated/α-hetero) is 1. The number of carbonyl (C=O) groups excluding carboxylic acids is 2. The van der Waals surface area contributed by atoms with Crippen molar-refractivity contribution in [2.24, 2.45) is 0 Å². The van der Waals surface area contributed by atoms with E-state index in [9.17, 15) is 14.7 Å². The van der Waals surface area contributed by atoms with E-state index >= 15 is 0 Å². The molecular formula is C29H28ClNO7. The predicted molar refractivity (Wildman–Crippen MR) is 143 cm³/mol. The first-order chi connectivity index (χ1) is 18.3. The molecule has 1 fully saturated rings. The summed E-state index contributed by atoms with van der Waals surface area (Å²) in [7, 11) is 4.42. The Kier molecular flexibility index (Phi) is 8.12. The Morgan fingerprint density at radius 3 is 2.11 bits per heavy atom. The molecule has 38 heavy (non-hydrogen) atoms. The van der Waals surface area contributed by atoms with Crippen LogP contribution in [0.15, 0.2) is 66.2 Å². The van der Waals surface area contributed by atoms with Gasteiger partial charge in [0.15, 0.2) is 0 Å². The zero-order chi connectivity index (χ0) is 27.4. The number of nitrogens with zero attached hydrogens (tertiary/aromatic N) is 1. The molecule has 3 aromatic rings. The lowest BCUT2D eigenvalue weighted by Gasteiger charge is -2.26. The summed E-state index contributed by atoms with van der Waals surface area (Å²) in [5, 5.41) is 11.8. The molecule has 1 saturated heterocycles. The summed E-state index contributed by atoms with van der Waals surface area (Å²) >= 11 is 6.24. The Morgan fingerprint density at radius 2 is 1.53 bits per heavy atom. The molecule has 1 atom stereocenters. The van der Waals surface area contributed by atoms with Gasteiger partial charge < -0.3 is 29.0 Å². The quantitative estimate of drug-likeness (QED) is 0.222. The van der Waals surface area contributed by atoms with Gasteiger partial charge in [0.05, 0.1) is 50.1 Å². The summed E-state index contributed by atoms with van der Waals surface area (Å²) in [6.45, 7) is 2.50. The maximum absolute atomic E-state index is 13.4. The second kappa shape index (κ2) is 11.5. The zero-order valence-corrected chi connectivity index (χ0v) is 22.2. The van der Waals surface area contributed by atoms with E-state index in [2.05, 4.69) is 0 Å². The molecule has 1 N–H and O–H groups in total. The van der Waals surface area contributed by atoms with Crippen LogP contribution in [0.4, 0.5) is 0 Å². The largest absolute Gasteiger partial charge is 0.507 e. The molecule has 0 saturated carbocycles. The molecule has 1 unspecified atom stereocenters. The fourth-order valence-electron chi connectivity index (χ4n) is 4.42. The summed E-state index contributed by atoms with van der Waals surface area (Å²) in [6.07, 6.45) is 0. The molecule has 3 aromatic carbocycles. The van der Waals surface area contributed by atoms with Crippen molar-refractivity contribution in [2.75, 3.05) is 27.9 Å². The third-order valence-corrected chi connectivity index (χ3v) is 6.58. The lowest BCUT2D eigenvalue weighted by molar-refractivity contribution is -0.140. The second-order valence-electron chi connectivity index (χ2n) is 8.46. The van der Waals surface area contributed by atoms with Gasteiger partial charge in [-0.1, -0.05) is 35.9 Å². The van der Waals surface area contributed by atoms with Crippen molar-refractivity contribution in [3.8, 4) is 23.0 Å². The molecule has 0 aliphatic carbocycles. The average Bonchev–Trinajstić information content (AvgIpc) is 3.18. The predicted octanol–water partition coefficient (Wildman–Crippen LogP) is 5.39. The molecule has 9 heteroatoms. The molecule has 0 spiro atoms. The molecule has 198 valence electrons. The van der Waals surface area contributed by atoms with Gasteiger partial charge in [-0.25, -0.2) is 0 Å². The number of methoxy groups -OCH3 is 3. The van der Waals surface area contributed by atoms with Gasteiger partial charge in [0.25, 0.3) is 11.7 Å². The molecule has 1 aliphatic heterocycles. The highest BCUT2D eigenvalue weighted by atomic mass is 35.5. The Morgan fingerprint density at radius 1 is 0.895 bits per heavy atom. The minimum Gasteiger partial charge on any atom is -0.507 e. The first-order valence-corrected chi connectivity index (χ1v) is 12.3. The van der Waals surface area contributed by atoms with Crippen LogP contribution in [0.3, 0.4) is 0 Å². The monoisotopic (exact) mass is 537 g/mol. The van der Waals surface area contributed by atoms with Gasteiger partial charge >= 0.3 is 0 Å². The summed E-state index contributed by atoms with van der Waals surface area (Å²) in [4.78, 5) is 28.2. The highest BCUT2D eigenvalue weighted by Crippen LogP contribution is 2.43. The van der Waals surface area contributed by atoms with E-state index in [-0.39, 0.29) is 34.2 Å². The molecule has 0 aromatic heterocycles. The van der Waals surface area contributed by atoms with Crippen LogP contribution in [0, 0.1) is 0 Å². The Bertz CT molecular complexity index is 1370. The van der Waals surface area contributed by atoms with Gasteiger partial charge in [0, 0.05) is 12.6 Å². The standard InChI is InChI=1S/C29H28ClNO7/c1-5-38-20-12-8-18(9-13-20)26-25(27(32)21-14-24(37-4)22(30)15-23(21)36-3)28(33)29(34)31(26)16-17-6-10-19(35-2)11-7-17/h6-15,26,32H,5,16H2,1-4H3/b27-25+. The lowest BCUT2D eigenvalue weighted by Crippen LogP contribution is -2.29. The number of ketones is 1. The van der Waals surface area contributed by atoms with E-state index in [1.807, 2.05) is 19.1 Å². The fourth-order valence-corrected chi connectivity index (χ4v) is 4.65. The molecule has 1 aliphatic rings. The van der Waals surface area contributed by atoms with Gasteiger partial charge in [-0.15, -0.1) is 0 Å². The summed E-state index contributed by atoms with van der Waals surface area (Å²) in [5.74, 6) is -0.132. The van der Waals surface area contributed by atoms with E-state index in [4.69, 9.17) is 30.5 Å². The molecule has 1 heterocycles. The molecular weight excluding hydrogens is 510 g/mol. The number of halogens is 1. The van der Waals surface area contributed by atoms with Crippen molar-refractivity contribution in [3.05, 3.63) is 87.9 Å². The Balaban J connectivity index is 1.88. The van der Waals surface area contributed by atoms with Crippen LogP contribution in [0.25, 0.3) is 5.76 Å². The SMILES string of the molecule is CCOc1ccc(C2/C(=C(\O)c3cc(OC)c(Cl)cc3OC)C(=O)C(=O)N2Cc2ccc(OC)cc2)cc1. The topological polar surface area (TPSA) is 94.5 Å².